The summed E-state index contributed by atoms with van der Waals surface area (Å²) < 4.78 is 0. The van der Waals surface area contributed by atoms with E-state index >= 15 is 0 Å². The van der Waals surface area contributed by atoms with Gasteiger partial charge < -0.3 is 0 Å². The van der Waals surface area contributed by atoms with Crippen LogP contribution in [0.4, 0.5) is 0 Å². The van der Waals surface area contributed by atoms with Crippen LogP contribution >= 0.6 is 11.8 Å². The molecule has 1 heteroatoms. The molecule has 2 bridgehead atoms. The lowest BCUT2D eigenvalue weighted by Crippen LogP contribution is -2.49. The lowest BCUT2D eigenvalue weighted by atomic mass is 9.50. The van der Waals surface area contributed by atoms with Crippen LogP contribution in [0, 0.1) is 35.5 Å². The largest absolute Gasteiger partial charge is 0.161 e. The summed E-state index contributed by atoms with van der Waals surface area (Å²) >= 11 is 2.19. The Labute approximate surface area is 83.5 Å². The first-order chi connectivity index (χ1) is 6.45. The number of rotatable bonds is 0. The van der Waals surface area contributed by atoms with Gasteiger partial charge in [-0.2, -0.15) is 11.8 Å². The quantitative estimate of drug-likeness (QED) is 0.529. The SMILES string of the molecule is C1=C[C@@H]2[C@@H]1[C@H]1C=C[C@H]2[C@@H]2CSC[C@@H]12. The average molecular weight is 190 g/mol. The van der Waals surface area contributed by atoms with E-state index in [1.54, 1.807) is 0 Å². The van der Waals surface area contributed by atoms with Crippen molar-refractivity contribution >= 4 is 11.8 Å². The van der Waals surface area contributed by atoms with Crippen molar-refractivity contribution in [3.8, 4) is 0 Å². The highest BCUT2D eigenvalue weighted by Crippen LogP contribution is 2.59. The van der Waals surface area contributed by atoms with Crippen molar-refractivity contribution in [2.45, 2.75) is 0 Å². The molecule has 13 heavy (non-hydrogen) atoms. The monoisotopic (exact) mass is 190 g/mol. The molecule has 6 atom stereocenters. The van der Waals surface area contributed by atoms with E-state index in [4.69, 9.17) is 0 Å². The molecule has 0 aromatic rings. The molecule has 0 N–H and O–H groups in total. The van der Waals surface area contributed by atoms with Crippen LogP contribution < -0.4 is 0 Å². The van der Waals surface area contributed by atoms with Gasteiger partial charge in [-0.1, -0.05) is 24.3 Å². The molecular weight excluding hydrogens is 176 g/mol. The third kappa shape index (κ3) is 0.721. The Kier molecular flexibility index (Phi) is 1.24. The van der Waals surface area contributed by atoms with E-state index in [0.717, 1.165) is 35.5 Å². The maximum Gasteiger partial charge on any atom is -0.00300 e. The summed E-state index contributed by atoms with van der Waals surface area (Å²) in [6.45, 7) is 0. The summed E-state index contributed by atoms with van der Waals surface area (Å²) in [6.07, 6.45) is 9.99. The van der Waals surface area contributed by atoms with Crippen LogP contribution in [-0.2, 0) is 0 Å². The second kappa shape index (κ2) is 2.25. The van der Waals surface area contributed by atoms with Gasteiger partial charge in [-0.3, -0.25) is 0 Å². The van der Waals surface area contributed by atoms with Crippen molar-refractivity contribution in [3.05, 3.63) is 24.3 Å². The molecular formula is C12H14S. The summed E-state index contributed by atoms with van der Waals surface area (Å²) in [5.41, 5.74) is 0. The third-order valence-corrected chi connectivity index (χ3v) is 5.84. The van der Waals surface area contributed by atoms with Crippen molar-refractivity contribution in [1.29, 1.82) is 0 Å². The minimum absolute atomic E-state index is 0.917. The normalized spacial score (nSPS) is 60.3. The number of hydrogen-bond donors (Lipinski definition) is 0. The van der Waals surface area contributed by atoms with Crippen molar-refractivity contribution in [2.75, 3.05) is 11.5 Å². The summed E-state index contributed by atoms with van der Waals surface area (Å²) in [6, 6.07) is 0. The van der Waals surface area contributed by atoms with Crippen molar-refractivity contribution in [3.63, 3.8) is 0 Å². The molecule has 68 valence electrons. The minimum atomic E-state index is 0.917. The fourth-order valence-corrected chi connectivity index (χ4v) is 5.51. The van der Waals surface area contributed by atoms with Gasteiger partial charge in [0.05, 0.1) is 0 Å². The maximum absolute atomic E-state index is 2.53. The molecule has 2 fully saturated rings. The van der Waals surface area contributed by atoms with Crippen LogP contribution in [0.15, 0.2) is 24.3 Å². The van der Waals surface area contributed by atoms with Crippen LogP contribution in [0.1, 0.15) is 0 Å². The van der Waals surface area contributed by atoms with E-state index < -0.39 is 0 Å². The van der Waals surface area contributed by atoms with Crippen molar-refractivity contribution < 1.29 is 0 Å². The second-order valence-corrected chi connectivity index (χ2v) is 6.02. The smallest absolute Gasteiger partial charge is 0.00300 e. The molecule has 1 saturated carbocycles. The molecule has 0 spiro atoms. The van der Waals surface area contributed by atoms with Crippen LogP contribution in [0.5, 0.6) is 0 Å². The minimum Gasteiger partial charge on any atom is -0.161 e. The zero-order chi connectivity index (χ0) is 8.41. The number of allylic oxidation sites excluding steroid dienone is 4. The van der Waals surface area contributed by atoms with Gasteiger partial charge in [0.2, 0.25) is 0 Å². The number of thioether (sulfide) groups is 1. The first-order valence-electron chi connectivity index (χ1n) is 5.39. The molecule has 0 amide bonds. The van der Waals surface area contributed by atoms with Crippen LogP contribution in [0.25, 0.3) is 0 Å². The lowest BCUT2D eigenvalue weighted by Gasteiger charge is -2.53. The van der Waals surface area contributed by atoms with Crippen molar-refractivity contribution in [1.82, 2.24) is 0 Å². The Morgan fingerprint density at radius 1 is 0.692 bits per heavy atom. The van der Waals surface area contributed by atoms with E-state index in [1.165, 1.54) is 11.5 Å². The Morgan fingerprint density at radius 2 is 1.15 bits per heavy atom. The van der Waals surface area contributed by atoms with E-state index in [-0.39, 0.29) is 0 Å². The summed E-state index contributed by atoms with van der Waals surface area (Å²) in [4.78, 5) is 0. The number of hydrogen-bond acceptors (Lipinski definition) is 1. The Morgan fingerprint density at radius 3 is 1.62 bits per heavy atom. The highest BCUT2D eigenvalue weighted by atomic mass is 32.2. The molecule has 5 aliphatic rings. The van der Waals surface area contributed by atoms with Gasteiger partial charge in [0.1, 0.15) is 0 Å². The summed E-state index contributed by atoms with van der Waals surface area (Å²) in [7, 11) is 0. The molecule has 5 rings (SSSR count). The van der Waals surface area contributed by atoms with Crippen LogP contribution in [0.2, 0.25) is 0 Å². The molecule has 1 aliphatic heterocycles. The summed E-state index contributed by atoms with van der Waals surface area (Å²) in [5.74, 6) is 8.66. The van der Waals surface area contributed by atoms with Gasteiger partial charge in [-0.05, 0) is 47.0 Å². The highest BCUT2D eigenvalue weighted by Gasteiger charge is 2.53. The predicted molar refractivity (Wildman–Crippen MR) is 56.5 cm³/mol. The van der Waals surface area contributed by atoms with E-state index in [0.29, 0.717) is 0 Å². The van der Waals surface area contributed by atoms with Gasteiger partial charge in [0.25, 0.3) is 0 Å². The van der Waals surface area contributed by atoms with Crippen LogP contribution in [-0.4, -0.2) is 11.5 Å². The molecule has 0 aromatic carbocycles. The molecule has 0 unspecified atom stereocenters. The van der Waals surface area contributed by atoms with E-state index in [2.05, 4.69) is 36.1 Å². The van der Waals surface area contributed by atoms with E-state index in [9.17, 15) is 0 Å². The van der Waals surface area contributed by atoms with Gasteiger partial charge in [-0.15, -0.1) is 0 Å². The molecule has 0 nitrogen and oxygen atoms in total. The fraction of sp³-hybridized carbons (Fsp3) is 0.667. The predicted octanol–water partition coefficient (Wildman–Crippen LogP) is 2.58. The van der Waals surface area contributed by atoms with Gasteiger partial charge in [0.15, 0.2) is 0 Å². The van der Waals surface area contributed by atoms with Crippen molar-refractivity contribution in [2.24, 2.45) is 35.5 Å². The van der Waals surface area contributed by atoms with Crippen LogP contribution in [0.3, 0.4) is 0 Å². The molecule has 1 heterocycles. The average Bonchev–Trinajstić information content (AvgIpc) is 2.53. The third-order valence-electron chi connectivity index (χ3n) is 4.60. The zero-order valence-corrected chi connectivity index (χ0v) is 8.41. The first-order valence-corrected chi connectivity index (χ1v) is 6.55. The topological polar surface area (TPSA) is 0 Å². The van der Waals surface area contributed by atoms with Gasteiger partial charge in [0, 0.05) is 0 Å². The lowest BCUT2D eigenvalue weighted by molar-refractivity contribution is 0.0672. The standard InChI is InChI=1S/C12H14S/c1-2-8-7(1)9-3-4-10(8)12-6-13-5-11(9)12/h1-4,7-12H,5-6H2/t7-,8-,9-,10-,11+,12+/m1/s1. The summed E-state index contributed by atoms with van der Waals surface area (Å²) in [5, 5.41) is 0. The Balaban J connectivity index is 1.83. The van der Waals surface area contributed by atoms with E-state index in [1.807, 2.05) is 0 Å². The second-order valence-electron chi connectivity index (χ2n) is 4.94. The fourth-order valence-electron chi connectivity index (χ4n) is 3.89. The maximum atomic E-state index is 2.53. The molecule has 0 aromatic heterocycles. The highest BCUT2D eigenvalue weighted by molar-refractivity contribution is 7.99. The van der Waals surface area contributed by atoms with Gasteiger partial charge >= 0.3 is 0 Å². The Bertz CT molecular complexity index is 276. The first kappa shape index (κ1) is 7.17. The molecule has 4 aliphatic carbocycles. The zero-order valence-electron chi connectivity index (χ0n) is 7.60. The molecule has 1 saturated heterocycles. The van der Waals surface area contributed by atoms with Gasteiger partial charge in [-0.25, -0.2) is 0 Å². The molecule has 0 radical (unpaired) electrons. The Hall–Kier alpha value is -0.170.